The highest BCUT2D eigenvalue weighted by Crippen LogP contribution is 2.25. The number of halogens is 1. The number of carbonyl (C=O) groups excluding carboxylic acids is 1. The molecule has 0 saturated carbocycles. The number of hydrogen-bond donors (Lipinski definition) is 1. The van der Waals surface area contributed by atoms with Crippen LogP contribution in [-0.2, 0) is 9.47 Å². The van der Waals surface area contributed by atoms with Crippen molar-refractivity contribution >= 4 is 44.4 Å². The molecule has 0 aliphatic carbocycles. The van der Waals surface area contributed by atoms with E-state index in [0.29, 0.717) is 23.5 Å². The molecule has 1 N–H and O–H groups in total. The van der Waals surface area contributed by atoms with Gasteiger partial charge in [0.2, 0.25) is 0 Å². The zero-order valence-electron chi connectivity index (χ0n) is 15.4. The molecule has 2 aromatic carbocycles. The predicted molar refractivity (Wildman–Crippen MR) is 111 cm³/mol. The first-order valence-electron chi connectivity index (χ1n) is 9.19. The second kappa shape index (κ2) is 8.24. The van der Waals surface area contributed by atoms with Gasteiger partial charge in [-0.2, -0.15) is 0 Å². The Balaban J connectivity index is 1.65. The molecule has 1 aliphatic rings. The number of carbonyl (C=O) groups is 1. The molecule has 0 bridgehead atoms. The average Bonchev–Trinajstić information content (AvgIpc) is 3.22. The lowest BCUT2D eigenvalue weighted by Crippen LogP contribution is -2.19. The topological polar surface area (TPSA) is 73.3 Å². The van der Waals surface area contributed by atoms with Crippen molar-refractivity contribution in [2.45, 2.75) is 25.9 Å². The van der Waals surface area contributed by atoms with Gasteiger partial charge in [0.25, 0.3) is 0 Å². The SMILES string of the molecule is Cc1cc(Nc2nc3ccccc3nc2C(=O)OC[C@@H]2CCCO2)ccc1Br. The van der Waals surface area contributed by atoms with Crippen LogP contribution >= 0.6 is 15.9 Å². The van der Waals surface area contributed by atoms with E-state index < -0.39 is 5.97 Å². The quantitative estimate of drug-likeness (QED) is 0.574. The number of rotatable bonds is 5. The molecule has 1 aromatic heterocycles. The van der Waals surface area contributed by atoms with Gasteiger partial charge in [0.15, 0.2) is 11.5 Å². The Labute approximate surface area is 171 Å². The van der Waals surface area contributed by atoms with Crippen LogP contribution in [0.4, 0.5) is 11.5 Å². The molecule has 28 heavy (non-hydrogen) atoms. The number of para-hydroxylation sites is 2. The Morgan fingerprint density at radius 2 is 2.04 bits per heavy atom. The Kier molecular flexibility index (Phi) is 5.54. The van der Waals surface area contributed by atoms with Crippen molar-refractivity contribution in [3.63, 3.8) is 0 Å². The second-order valence-corrected chi connectivity index (χ2v) is 7.59. The smallest absolute Gasteiger partial charge is 0.360 e. The lowest BCUT2D eigenvalue weighted by Gasteiger charge is -2.14. The van der Waals surface area contributed by atoms with Gasteiger partial charge in [-0.3, -0.25) is 0 Å². The van der Waals surface area contributed by atoms with Crippen molar-refractivity contribution in [1.82, 2.24) is 9.97 Å². The molecule has 1 saturated heterocycles. The molecule has 1 aliphatic heterocycles. The van der Waals surface area contributed by atoms with Crippen LogP contribution in [0.15, 0.2) is 46.9 Å². The minimum absolute atomic E-state index is 0.0390. The molecule has 0 unspecified atom stereocenters. The molecular weight excluding hydrogens is 422 g/mol. The third-order valence-electron chi connectivity index (χ3n) is 4.61. The highest BCUT2D eigenvalue weighted by molar-refractivity contribution is 9.10. The number of benzene rings is 2. The highest BCUT2D eigenvalue weighted by atomic mass is 79.9. The molecule has 0 spiro atoms. The molecule has 4 rings (SSSR count). The van der Waals surface area contributed by atoms with Crippen LogP contribution in [0.1, 0.15) is 28.9 Å². The van der Waals surface area contributed by atoms with Crippen LogP contribution in [-0.4, -0.2) is 35.3 Å². The van der Waals surface area contributed by atoms with Crippen LogP contribution in [0.3, 0.4) is 0 Å². The van der Waals surface area contributed by atoms with Crippen LogP contribution < -0.4 is 5.32 Å². The normalized spacial score (nSPS) is 16.3. The summed E-state index contributed by atoms with van der Waals surface area (Å²) in [7, 11) is 0. The Hall–Kier alpha value is -2.51. The van der Waals surface area contributed by atoms with Crippen molar-refractivity contribution in [2.24, 2.45) is 0 Å². The number of esters is 1. The van der Waals surface area contributed by atoms with Gasteiger partial charge in [-0.15, -0.1) is 0 Å². The first-order chi connectivity index (χ1) is 13.6. The van der Waals surface area contributed by atoms with Crippen LogP contribution in [0.25, 0.3) is 11.0 Å². The number of nitrogens with zero attached hydrogens (tertiary/aromatic N) is 2. The van der Waals surface area contributed by atoms with E-state index in [1.54, 1.807) is 0 Å². The molecular formula is C21H20BrN3O3. The number of ether oxygens (including phenoxy) is 2. The number of aromatic nitrogens is 2. The summed E-state index contributed by atoms with van der Waals surface area (Å²) < 4.78 is 12.0. The van der Waals surface area contributed by atoms with Gasteiger partial charge in [-0.05, 0) is 55.7 Å². The molecule has 144 valence electrons. The number of anilines is 2. The van der Waals surface area contributed by atoms with Crippen molar-refractivity contribution in [3.8, 4) is 0 Å². The van der Waals surface area contributed by atoms with E-state index >= 15 is 0 Å². The van der Waals surface area contributed by atoms with Gasteiger partial charge >= 0.3 is 5.97 Å². The summed E-state index contributed by atoms with van der Waals surface area (Å²) in [5.74, 6) is -0.136. The van der Waals surface area contributed by atoms with E-state index in [0.717, 1.165) is 28.6 Å². The molecule has 0 radical (unpaired) electrons. The van der Waals surface area contributed by atoms with Crippen molar-refractivity contribution in [1.29, 1.82) is 0 Å². The molecule has 6 nitrogen and oxygen atoms in total. The molecule has 1 fully saturated rings. The fourth-order valence-corrected chi connectivity index (χ4v) is 3.35. The lowest BCUT2D eigenvalue weighted by molar-refractivity contribution is 0.0157. The van der Waals surface area contributed by atoms with Crippen molar-refractivity contribution in [2.75, 3.05) is 18.5 Å². The summed E-state index contributed by atoms with van der Waals surface area (Å²) in [6.45, 7) is 2.94. The summed E-state index contributed by atoms with van der Waals surface area (Å²) in [6.07, 6.45) is 1.86. The van der Waals surface area contributed by atoms with E-state index in [4.69, 9.17) is 9.47 Å². The molecule has 2 heterocycles. The van der Waals surface area contributed by atoms with Gasteiger partial charge in [-0.25, -0.2) is 14.8 Å². The minimum Gasteiger partial charge on any atom is -0.458 e. The van der Waals surface area contributed by atoms with E-state index in [-0.39, 0.29) is 18.4 Å². The lowest BCUT2D eigenvalue weighted by atomic mass is 10.2. The minimum atomic E-state index is -0.509. The fraction of sp³-hybridized carbons (Fsp3) is 0.286. The van der Waals surface area contributed by atoms with Gasteiger partial charge in [0.1, 0.15) is 6.61 Å². The Bertz CT molecular complexity index is 1020. The second-order valence-electron chi connectivity index (χ2n) is 6.73. The first-order valence-corrected chi connectivity index (χ1v) is 9.98. The van der Waals surface area contributed by atoms with Crippen LogP contribution in [0.5, 0.6) is 0 Å². The van der Waals surface area contributed by atoms with E-state index in [2.05, 4.69) is 31.2 Å². The maximum atomic E-state index is 12.7. The summed E-state index contributed by atoms with van der Waals surface area (Å²) in [5, 5.41) is 3.22. The van der Waals surface area contributed by atoms with Crippen molar-refractivity contribution in [3.05, 3.63) is 58.2 Å². The maximum absolute atomic E-state index is 12.7. The van der Waals surface area contributed by atoms with Gasteiger partial charge in [0.05, 0.1) is 17.1 Å². The van der Waals surface area contributed by atoms with Crippen molar-refractivity contribution < 1.29 is 14.3 Å². The number of hydrogen-bond acceptors (Lipinski definition) is 6. The van der Waals surface area contributed by atoms with E-state index in [1.165, 1.54) is 0 Å². The predicted octanol–water partition coefficient (Wildman–Crippen LogP) is 4.78. The summed E-state index contributed by atoms with van der Waals surface area (Å²) >= 11 is 3.50. The third-order valence-corrected chi connectivity index (χ3v) is 5.50. The summed E-state index contributed by atoms with van der Waals surface area (Å²) in [4.78, 5) is 21.9. The Morgan fingerprint density at radius 1 is 1.25 bits per heavy atom. The van der Waals surface area contributed by atoms with E-state index in [1.807, 2.05) is 49.4 Å². The number of nitrogens with one attached hydrogen (secondary N) is 1. The fourth-order valence-electron chi connectivity index (χ4n) is 3.10. The molecule has 0 amide bonds. The van der Waals surface area contributed by atoms with Gasteiger partial charge in [0, 0.05) is 16.8 Å². The first kappa shape index (κ1) is 18.8. The zero-order valence-corrected chi connectivity index (χ0v) is 17.0. The molecule has 3 aromatic rings. The van der Waals surface area contributed by atoms with Gasteiger partial charge in [-0.1, -0.05) is 28.1 Å². The van der Waals surface area contributed by atoms with Crippen LogP contribution in [0.2, 0.25) is 0 Å². The average molecular weight is 442 g/mol. The van der Waals surface area contributed by atoms with E-state index in [9.17, 15) is 4.79 Å². The van der Waals surface area contributed by atoms with Gasteiger partial charge < -0.3 is 14.8 Å². The summed E-state index contributed by atoms with van der Waals surface area (Å²) in [6, 6.07) is 13.3. The zero-order chi connectivity index (χ0) is 19.5. The number of fused-ring (bicyclic) bond motifs is 1. The summed E-state index contributed by atoms with van der Waals surface area (Å²) in [5.41, 5.74) is 3.40. The highest BCUT2D eigenvalue weighted by Gasteiger charge is 2.22. The third kappa shape index (κ3) is 4.15. The monoisotopic (exact) mass is 441 g/mol. The van der Waals surface area contributed by atoms with Crippen LogP contribution in [0, 0.1) is 6.92 Å². The number of aryl methyl sites for hydroxylation is 1. The molecule has 1 atom stereocenters. The maximum Gasteiger partial charge on any atom is 0.360 e. The standard InChI is InChI=1S/C21H20BrN3O3/c1-13-11-14(8-9-16(13)22)23-20-19(21(26)28-12-15-5-4-10-27-15)24-17-6-2-3-7-18(17)25-20/h2-3,6-9,11,15H,4-5,10,12H2,1H3,(H,23,25)/t15-/m0/s1. The Morgan fingerprint density at radius 3 is 2.75 bits per heavy atom. The molecule has 7 heteroatoms. The largest absolute Gasteiger partial charge is 0.458 e.